The van der Waals surface area contributed by atoms with Gasteiger partial charge in [-0.05, 0) is 31.5 Å². The molecule has 0 bridgehead atoms. The van der Waals surface area contributed by atoms with Gasteiger partial charge in [0.15, 0.2) is 0 Å². The van der Waals surface area contributed by atoms with Crippen molar-refractivity contribution in [1.29, 1.82) is 5.26 Å². The molecule has 0 aliphatic heterocycles. The number of anilines is 1. The smallest absolute Gasteiger partial charge is 0.218 e. The van der Waals surface area contributed by atoms with Gasteiger partial charge in [-0.1, -0.05) is 36.4 Å². The van der Waals surface area contributed by atoms with Gasteiger partial charge in [0.05, 0.1) is 16.9 Å². The molecule has 2 aromatic heterocycles. The molecule has 3 aromatic rings. The molecule has 0 spiro atoms. The zero-order valence-corrected chi connectivity index (χ0v) is 14.9. The van der Waals surface area contributed by atoms with E-state index in [4.69, 9.17) is 4.74 Å². The second-order valence-corrected chi connectivity index (χ2v) is 5.98. The molecule has 0 aliphatic rings. The first-order valence-corrected chi connectivity index (χ1v) is 8.40. The summed E-state index contributed by atoms with van der Waals surface area (Å²) in [4.78, 5) is 8.69. The first-order valence-electron chi connectivity index (χ1n) is 8.40. The third-order valence-corrected chi connectivity index (χ3v) is 3.98. The van der Waals surface area contributed by atoms with E-state index >= 15 is 0 Å². The molecule has 0 aliphatic carbocycles. The fraction of sp³-hybridized carbons (Fsp3) is 0.190. The highest BCUT2D eigenvalue weighted by molar-refractivity contribution is 5.60. The van der Waals surface area contributed by atoms with E-state index in [9.17, 15) is 5.26 Å². The number of aryl methyl sites for hydroxylation is 2. The quantitative estimate of drug-likeness (QED) is 0.727. The third kappa shape index (κ3) is 4.17. The SMILES string of the molecule is Cc1cc(NCc2cccnc2OCc2ccccc2)c(C#N)c(C)n1. The zero-order chi connectivity index (χ0) is 18.4. The number of benzene rings is 1. The first-order chi connectivity index (χ1) is 12.7. The molecule has 0 unspecified atom stereocenters. The van der Waals surface area contributed by atoms with Crippen LogP contribution < -0.4 is 10.1 Å². The molecule has 5 heteroatoms. The van der Waals surface area contributed by atoms with Gasteiger partial charge in [0.1, 0.15) is 12.7 Å². The van der Waals surface area contributed by atoms with Crippen molar-refractivity contribution < 1.29 is 4.74 Å². The van der Waals surface area contributed by atoms with Crippen molar-refractivity contribution in [2.24, 2.45) is 0 Å². The van der Waals surface area contributed by atoms with E-state index in [0.717, 1.165) is 28.2 Å². The number of pyridine rings is 2. The normalized spacial score (nSPS) is 10.2. The Kier molecular flexibility index (Phi) is 5.45. The Bertz CT molecular complexity index is 932. The fourth-order valence-electron chi connectivity index (χ4n) is 2.71. The van der Waals surface area contributed by atoms with Crippen molar-refractivity contribution >= 4 is 5.69 Å². The van der Waals surface area contributed by atoms with E-state index in [1.807, 2.05) is 62.4 Å². The molecule has 0 radical (unpaired) electrons. The largest absolute Gasteiger partial charge is 0.473 e. The Hall–Kier alpha value is -3.39. The maximum atomic E-state index is 9.39. The summed E-state index contributed by atoms with van der Waals surface area (Å²) in [5.41, 5.74) is 4.95. The van der Waals surface area contributed by atoms with Crippen molar-refractivity contribution in [2.75, 3.05) is 5.32 Å². The summed E-state index contributed by atoms with van der Waals surface area (Å²) in [6, 6.07) is 17.9. The lowest BCUT2D eigenvalue weighted by molar-refractivity contribution is 0.291. The average molecular weight is 344 g/mol. The lowest BCUT2D eigenvalue weighted by atomic mass is 10.1. The Morgan fingerprint density at radius 1 is 1.12 bits per heavy atom. The van der Waals surface area contributed by atoms with Gasteiger partial charge in [0.2, 0.25) is 5.88 Å². The standard InChI is InChI=1S/C21H20N4O/c1-15-11-20(19(12-22)16(2)25-15)24-13-18-9-6-10-23-21(18)26-14-17-7-4-3-5-8-17/h3-11H,13-14H2,1-2H3,(H,24,25). The molecule has 3 rings (SSSR count). The van der Waals surface area contributed by atoms with Crippen molar-refractivity contribution in [2.45, 2.75) is 27.0 Å². The van der Waals surface area contributed by atoms with Crippen LogP contribution in [0.3, 0.4) is 0 Å². The van der Waals surface area contributed by atoms with E-state index in [1.54, 1.807) is 6.20 Å². The topological polar surface area (TPSA) is 70.8 Å². The molecule has 26 heavy (non-hydrogen) atoms. The van der Waals surface area contributed by atoms with Crippen LogP contribution in [0.15, 0.2) is 54.7 Å². The molecule has 0 saturated carbocycles. The monoisotopic (exact) mass is 344 g/mol. The molecular formula is C21H20N4O. The number of nitrogens with one attached hydrogen (secondary N) is 1. The molecule has 2 heterocycles. The van der Waals surface area contributed by atoms with Gasteiger partial charge in [-0.25, -0.2) is 4.98 Å². The van der Waals surface area contributed by atoms with Crippen molar-refractivity contribution in [3.63, 3.8) is 0 Å². The number of hydrogen-bond acceptors (Lipinski definition) is 5. The average Bonchev–Trinajstić information content (AvgIpc) is 2.66. The Labute approximate surface area is 153 Å². The van der Waals surface area contributed by atoms with Gasteiger partial charge in [-0.2, -0.15) is 5.26 Å². The molecule has 130 valence electrons. The minimum atomic E-state index is 0.460. The number of rotatable bonds is 6. The van der Waals surface area contributed by atoms with E-state index in [2.05, 4.69) is 21.4 Å². The lowest BCUT2D eigenvalue weighted by Crippen LogP contribution is -2.07. The molecule has 0 saturated heterocycles. The molecule has 0 fully saturated rings. The summed E-state index contributed by atoms with van der Waals surface area (Å²) in [7, 11) is 0. The van der Waals surface area contributed by atoms with Crippen molar-refractivity contribution in [3.05, 3.63) is 82.8 Å². The van der Waals surface area contributed by atoms with Crippen molar-refractivity contribution in [1.82, 2.24) is 9.97 Å². The van der Waals surface area contributed by atoms with Crippen LogP contribution in [-0.2, 0) is 13.2 Å². The van der Waals surface area contributed by atoms with E-state index in [1.165, 1.54) is 0 Å². The summed E-state index contributed by atoms with van der Waals surface area (Å²) in [6.07, 6.45) is 1.71. The van der Waals surface area contributed by atoms with Crippen LogP contribution in [0.2, 0.25) is 0 Å². The summed E-state index contributed by atoms with van der Waals surface area (Å²) < 4.78 is 5.89. The minimum Gasteiger partial charge on any atom is -0.473 e. The molecule has 5 nitrogen and oxygen atoms in total. The maximum absolute atomic E-state index is 9.39. The highest BCUT2D eigenvalue weighted by Crippen LogP contribution is 2.22. The second-order valence-electron chi connectivity index (χ2n) is 5.98. The van der Waals surface area contributed by atoms with Crippen molar-refractivity contribution in [3.8, 4) is 11.9 Å². The highest BCUT2D eigenvalue weighted by Gasteiger charge is 2.10. The number of ether oxygens (including phenoxy) is 1. The predicted molar refractivity (Wildman–Crippen MR) is 101 cm³/mol. The van der Waals surface area contributed by atoms with Gasteiger partial charge >= 0.3 is 0 Å². The van der Waals surface area contributed by atoms with Crippen LogP contribution in [0.1, 0.15) is 28.1 Å². The Morgan fingerprint density at radius 2 is 1.92 bits per heavy atom. The van der Waals surface area contributed by atoms with Crippen LogP contribution in [0, 0.1) is 25.2 Å². The number of nitriles is 1. The molecule has 1 aromatic carbocycles. The molecule has 1 N–H and O–H groups in total. The Morgan fingerprint density at radius 3 is 2.69 bits per heavy atom. The van der Waals surface area contributed by atoms with Crippen LogP contribution in [0.5, 0.6) is 5.88 Å². The van der Waals surface area contributed by atoms with Crippen LogP contribution in [0.4, 0.5) is 5.69 Å². The van der Waals surface area contributed by atoms with Gasteiger partial charge in [0, 0.05) is 24.0 Å². The summed E-state index contributed by atoms with van der Waals surface area (Å²) in [5.74, 6) is 0.588. The van der Waals surface area contributed by atoms with Crippen LogP contribution in [-0.4, -0.2) is 9.97 Å². The van der Waals surface area contributed by atoms with E-state index < -0.39 is 0 Å². The summed E-state index contributed by atoms with van der Waals surface area (Å²) >= 11 is 0. The van der Waals surface area contributed by atoms with Crippen LogP contribution >= 0.6 is 0 Å². The minimum absolute atomic E-state index is 0.460. The first kappa shape index (κ1) is 17.4. The molecule has 0 amide bonds. The Balaban J connectivity index is 1.74. The third-order valence-electron chi connectivity index (χ3n) is 3.98. The van der Waals surface area contributed by atoms with Gasteiger partial charge in [-0.3, -0.25) is 4.98 Å². The number of nitrogens with zero attached hydrogens (tertiary/aromatic N) is 3. The van der Waals surface area contributed by atoms with Gasteiger partial charge < -0.3 is 10.1 Å². The fourth-order valence-corrected chi connectivity index (χ4v) is 2.71. The molecular weight excluding hydrogens is 324 g/mol. The van der Waals surface area contributed by atoms with E-state index in [0.29, 0.717) is 24.6 Å². The summed E-state index contributed by atoms with van der Waals surface area (Å²) in [6.45, 7) is 4.73. The zero-order valence-electron chi connectivity index (χ0n) is 14.9. The number of aromatic nitrogens is 2. The maximum Gasteiger partial charge on any atom is 0.218 e. The second kappa shape index (κ2) is 8.13. The van der Waals surface area contributed by atoms with Gasteiger partial charge in [-0.15, -0.1) is 0 Å². The van der Waals surface area contributed by atoms with Crippen LogP contribution in [0.25, 0.3) is 0 Å². The number of hydrogen-bond donors (Lipinski definition) is 1. The molecule has 0 atom stereocenters. The lowest BCUT2D eigenvalue weighted by Gasteiger charge is -2.13. The summed E-state index contributed by atoms with van der Waals surface area (Å²) in [5, 5.41) is 12.7. The highest BCUT2D eigenvalue weighted by atomic mass is 16.5. The predicted octanol–water partition coefficient (Wildman–Crippen LogP) is 4.16. The van der Waals surface area contributed by atoms with E-state index in [-0.39, 0.29) is 0 Å². The van der Waals surface area contributed by atoms with Gasteiger partial charge in [0.25, 0.3) is 0 Å².